The quantitative estimate of drug-likeness (QED) is 0.0908. The normalized spacial score (nSPS) is 11.8. The molecule has 13 aromatic rings. The third kappa shape index (κ3) is 8.40. The van der Waals surface area contributed by atoms with Crippen LogP contribution in [0.25, 0.3) is 154 Å². The first-order chi connectivity index (χ1) is 42.0. The fourth-order valence-electron chi connectivity index (χ4n) is 12.6. The van der Waals surface area contributed by atoms with Crippen molar-refractivity contribution < 1.29 is 48.2 Å². The van der Waals surface area contributed by atoms with Gasteiger partial charge < -0.3 is 48.6 Å². The van der Waals surface area contributed by atoms with E-state index in [0.717, 1.165) is 109 Å². The van der Waals surface area contributed by atoms with Crippen LogP contribution in [0.15, 0.2) is 182 Å². The number of benzene rings is 10. The van der Waals surface area contributed by atoms with Crippen LogP contribution >= 0.6 is 0 Å². The molecule has 0 saturated carbocycles. The summed E-state index contributed by atoms with van der Waals surface area (Å²) in [6.45, 7) is -1.25. The van der Waals surface area contributed by atoms with E-state index in [1.807, 2.05) is 72.8 Å². The first kappa shape index (κ1) is 51.5. The Morgan fingerprint density at radius 2 is 0.674 bits per heavy atom. The fourth-order valence-corrected chi connectivity index (χ4v) is 12.6. The second-order valence-corrected chi connectivity index (χ2v) is 21.3. The number of fused-ring (bicyclic) bond motifs is 24. The first-order valence-corrected chi connectivity index (χ1v) is 27.8. The average molecular weight is 1130 g/mol. The van der Waals surface area contributed by atoms with Crippen molar-refractivity contribution in [3.8, 4) is 102 Å². The van der Waals surface area contributed by atoms with Crippen LogP contribution in [0, 0.1) is 0 Å². The van der Waals surface area contributed by atoms with Crippen molar-refractivity contribution in [1.29, 1.82) is 0 Å². The number of methoxy groups -OCH3 is 4. The lowest BCUT2D eigenvalue weighted by molar-refractivity contribution is -0.140. The number of aliphatic carboxylic acids is 2. The molecule has 2 aliphatic heterocycles. The minimum absolute atomic E-state index is 0.140. The summed E-state index contributed by atoms with van der Waals surface area (Å²) in [6, 6.07) is 62.3. The van der Waals surface area contributed by atoms with Crippen LogP contribution < -0.4 is 28.4 Å². The monoisotopic (exact) mass is 1130 g/mol. The molecule has 8 bridgehead atoms. The van der Waals surface area contributed by atoms with Crippen LogP contribution in [0.1, 0.15) is 0 Å². The van der Waals surface area contributed by atoms with Gasteiger partial charge >= 0.3 is 11.9 Å². The maximum absolute atomic E-state index is 12.0. The molecule has 0 atom stereocenters. The van der Waals surface area contributed by atoms with E-state index in [4.69, 9.17) is 38.4 Å². The van der Waals surface area contributed by atoms with Crippen LogP contribution in [0.3, 0.4) is 0 Å². The van der Waals surface area contributed by atoms with E-state index >= 15 is 0 Å². The number of hydrogen-bond donors (Lipinski definition) is 4. The molecule has 2 aliphatic rings. The molecule has 0 saturated heterocycles. The largest absolute Gasteiger partial charge is 0.493 e. The molecule has 418 valence electrons. The first-order valence-electron chi connectivity index (χ1n) is 27.8. The molecule has 0 fully saturated rings. The van der Waals surface area contributed by atoms with Crippen LogP contribution in [0.4, 0.5) is 0 Å². The minimum atomic E-state index is -1.15. The number of carboxylic acid groups (broad SMARTS) is 2. The zero-order chi connectivity index (χ0) is 58.5. The van der Waals surface area contributed by atoms with Gasteiger partial charge in [-0.25, -0.2) is 19.6 Å². The van der Waals surface area contributed by atoms with Gasteiger partial charge in [-0.15, -0.1) is 0 Å². The Labute approximate surface area is 490 Å². The molecular weight excluding hydrogens is 1080 g/mol. The molecule has 0 radical (unpaired) electrons. The summed E-state index contributed by atoms with van der Waals surface area (Å²) in [7, 11) is 6.07. The maximum atomic E-state index is 12.0. The minimum Gasteiger partial charge on any atom is -0.493 e. The smallest absolute Gasteiger partial charge is 0.341 e. The van der Waals surface area contributed by atoms with Gasteiger partial charge in [0.15, 0.2) is 36.2 Å². The van der Waals surface area contributed by atoms with Gasteiger partial charge in [0.05, 0.1) is 62.2 Å². The summed E-state index contributed by atoms with van der Waals surface area (Å²) in [4.78, 5) is 43.6. The zero-order valence-corrected chi connectivity index (χ0v) is 46.8. The summed E-state index contributed by atoms with van der Waals surface area (Å²) in [5, 5.41) is 31.3. The number of H-pyrrole nitrogens is 2. The average Bonchev–Trinajstić information content (AvgIpc) is 3.39. The number of ether oxygens (including phenoxy) is 6. The van der Waals surface area contributed by atoms with Crippen molar-refractivity contribution in [2.75, 3.05) is 41.7 Å². The molecule has 10 aromatic carbocycles. The summed E-state index contributed by atoms with van der Waals surface area (Å²) in [6.07, 6.45) is 0. The van der Waals surface area contributed by atoms with Crippen molar-refractivity contribution in [2.24, 2.45) is 0 Å². The van der Waals surface area contributed by atoms with E-state index in [1.54, 1.807) is 0 Å². The van der Waals surface area contributed by atoms with Crippen LogP contribution in [0.2, 0.25) is 0 Å². The number of nitrogens with one attached hydrogen (secondary N) is 2. The van der Waals surface area contributed by atoms with Crippen molar-refractivity contribution in [1.82, 2.24) is 19.9 Å². The predicted molar refractivity (Wildman–Crippen MR) is 338 cm³/mol. The number of rotatable bonds is 12. The molecule has 14 heteroatoms. The fraction of sp³-hybridized carbons (Fsp3) is 0.0833. The van der Waals surface area contributed by atoms with Gasteiger partial charge in [-0.2, -0.15) is 0 Å². The molecule has 86 heavy (non-hydrogen) atoms. The second-order valence-electron chi connectivity index (χ2n) is 21.3. The number of carbonyl (C=O) groups is 2. The molecule has 5 heterocycles. The van der Waals surface area contributed by atoms with Crippen molar-refractivity contribution in [3.05, 3.63) is 182 Å². The molecule has 0 aliphatic carbocycles. The van der Waals surface area contributed by atoms with Gasteiger partial charge in [-0.1, -0.05) is 97.1 Å². The second kappa shape index (κ2) is 20.2. The number of carboxylic acids is 2. The van der Waals surface area contributed by atoms with Gasteiger partial charge in [0.2, 0.25) is 11.5 Å². The highest BCUT2D eigenvalue weighted by Crippen LogP contribution is 2.53. The molecule has 15 rings (SSSR count). The van der Waals surface area contributed by atoms with E-state index < -0.39 is 25.2 Å². The molecule has 0 unspecified atom stereocenters. The Hall–Kier alpha value is -11.4. The number of aromatic nitrogens is 4. The van der Waals surface area contributed by atoms with E-state index in [9.17, 15) is 19.8 Å². The molecular formula is C72H50N4O10. The van der Waals surface area contributed by atoms with Gasteiger partial charge in [-0.05, 0) is 139 Å². The molecule has 3 aromatic heterocycles. The summed E-state index contributed by atoms with van der Waals surface area (Å²) in [5.41, 5.74) is 11.9. The third-order valence-corrected chi connectivity index (χ3v) is 16.4. The number of nitrogens with zero attached hydrogens (tertiary/aromatic N) is 2. The van der Waals surface area contributed by atoms with E-state index in [0.29, 0.717) is 45.0 Å². The van der Waals surface area contributed by atoms with Gasteiger partial charge in [0.25, 0.3) is 0 Å². The Bertz CT molecular complexity index is 4900. The summed E-state index contributed by atoms with van der Waals surface area (Å²) < 4.78 is 36.1. The highest BCUT2D eigenvalue weighted by Gasteiger charge is 2.30. The van der Waals surface area contributed by atoms with E-state index in [-0.39, 0.29) is 34.5 Å². The van der Waals surface area contributed by atoms with Gasteiger partial charge in [-0.3, -0.25) is 0 Å². The van der Waals surface area contributed by atoms with Crippen molar-refractivity contribution in [3.63, 3.8) is 0 Å². The molecule has 14 nitrogen and oxygen atoms in total. The van der Waals surface area contributed by atoms with E-state index in [1.165, 1.54) is 28.4 Å². The van der Waals surface area contributed by atoms with Crippen molar-refractivity contribution >= 4 is 98.6 Å². The maximum Gasteiger partial charge on any atom is 0.341 e. The topological polar surface area (TPSA) is 187 Å². The van der Waals surface area contributed by atoms with Crippen LogP contribution in [0.5, 0.6) is 34.5 Å². The van der Waals surface area contributed by atoms with Crippen LogP contribution in [-0.4, -0.2) is 83.7 Å². The predicted octanol–water partition coefficient (Wildman–Crippen LogP) is 16.2. The Balaban J connectivity index is 1.20. The van der Waals surface area contributed by atoms with E-state index in [2.05, 4.69) is 119 Å². The highest BCUT2D eigenvalue weighted by molar-refractivity contribution is 6.21. The molecule has 0 amide bonds. The van der Waals surface area contributed by atoms with Gasteiger partial charge in [0, 0.05) is 66.0 Å². The lowest BCUT2D eigenvalue weighted by Gasteiger charge is -2.16. The standard InChI is InChI=1S/C72H50N4O10/c1-81-59-29-45(30-60(82-2)71(59)85-35-63(77)78)65-67-51-25-41-17-9-5-13-37(41)21-47(51)55(73-67)33-57-49-23-39-15-7-11-19-43(39)27-53(49)69(75-57)66(46-31-61(83-3)72(62(32-46)84-4)86-36-64(79)80)70-54-28-44-20-12-8-16-40(44)24-50(54)58(76-70)34-56-48-22-38-14-6-10-18-42(38)26-52(48)68(65)74-56/h5-34,73,76H,35-36H2,1-4H3,(H,77,78)(H,79,80). The number of aromatic amines is 2. The summed E-state index contributed by atoms with van der Waals surface area (Å²) >= 11 is 0. The lowest BCUT2D eigenvalue weighted by atomic mass is 9.93. The third-order valence-electron chi connectivity index (χ3n) is 16.4. The van der Waals surface area contributed by atoms with Crippen LogP contribution in [-0.2, 0) is 9.59 Å². The zero-order valence-electron chi connectivity index (χ0n) is 46.8. The number of hydrogen-bond acceptors (Lipinski definition) is 10. The lowest BCUT2D eigenvalue weighted by Crippen LogP contribution is -2.11. The molecule has 0 spiro atoms. The highest BCUT2D eigenvalue weighted by atomic mass is 16.6. The SMILES string of the molecule is COc1cc(-c2c3nc(cc4[nH]c(c(-c5cc(OC)c(OCC(=O)O)c(OC)c5)c5nc(cc6[nH]c2c2cc7ccccc7cc62)-c2cc6ccccc6cc2-5)c2cc5ccccc5cc42)-c2cc4ccccc4cc2-3)cc(OC)c1OCC(=O)O. The Morgan fingerprint density at radius 3 is 0.977 bits per heavy atom. The van der Waals surface area contributed by atoms with Crippen molar-refractivity contribution in [2.45, 2.75) is 0 Å². The van der Waals surface area contributed by atoms with Gasteiger partial charge in [0.1, 0.15) is 0 Å². The molecule has 4 N–H and O–H groups in total. The summed E-state index contributed by atoms with van der Waals surface area (Å²) in [5.74, 6) is -0.987. The Kier molecular flexibility index (Phi) is 12.1. The Morgan fingerprint density at radius 1 is 0.384 bits per heavy atom.